The minimum absolute atomic E-state index is 0.304. The number of nitrogens with zero attached hydrogens (tertiary/aromatic N) is 1. The van der Waals surface area contributed by atoms with Gasteiger partial charge in [0.25, 0.3) is 5.91 Å². The van der Waals surface area contributed by atoms with Gasteiger partial charge in [0.05, 0.1) is 12.8 Å². The van der Waals surface area contributed by atoms with Crippen molar-refractivity contribution in [3.05, 3.63) is 59.7 Å². The average Bonchev–Trinajstić information content (AvgIpc) is 3.11. The van der Waals surface area contributed by atoms with Gasteiger partial charge >= 0.3 is 0 Å². The van der Waals surface area contributed by atoms with Crippen molar-refractivity contribution in [1.29, 1.82) is 0 Å². The molecule has 5 nitrogen and oxygen atoms in total. The molecule has 0 bridgehead atoms. The van der Waals surface area contributed by atoms with E-state index in [0.717, 1.165) is 5.56 Å². The SMILES string of the molecule is COc1ccc(OC(C)C(=O)Nc2nc(-c3ccc(F)cc3)cs2)cc1. The van der Waals surface area contributed by atoms with Gasteiger partial charge in [-0.15, -0.1) is 11.3 Å². The molecular weight excluding hydrogens is 355 g/mol. The summed E-state index contributed by atoms with van der Waals surface area (Å²) in [5, 5.41) is 4.99. The number of nitrogens with one attached hydrogen (secondary N) is 1. The molecule has 134 valence electrons. The molecule has 1 unspecified atom stereocenters. The van der Waals surface area contributed by atoms with Gasteiger partial charge < -0.3 is 9.47 Å². The van der Waals surface area contributed by atoms with Gasteiger partial charge in [0.1, 0.15) is 17.3 Å². The second kappa shape index (κ2) is 7.97. The summed E-state index contributed by atoms with van der Waals surface area (Å²) in [6, 6.07) is 13.0. The van der Waals surface area contributed by atoms with E-state index in [1.165, 1.54) is 23.5 Å². The largest absolute Gasteiger partial charge is 0.497 e. The number of anilines is 1. The molecule has 2 aromatic carbocycles. The van der Waals surface area contributed by atoms with Gasteiger partial charge in [-0.1, -0.05) is 0 Å². The van der Waals surface area contributed by atoms with Crippen LogP contribution in [0.2, 0.25) is 0 Å². The molecule has 0 fully saturated rings. The van der Waals surface area contributed by atoms with Crippen molar-refractivity contribution in [3.8, 4) is 22.8 Å². The Kier molecular flexibility index (Phi) is 5.48. The Labute approximate surface area is 154 Å². The molecule has 1 amide bonds. The van der Waals surface area contributed by atoms with E-state index in [4.69, 9.17) is 9.47 Å². The number of hydrogen-bond donors (Lipinski definition) is 1. The van der Waals surface area contributed by atoms with Crippen LogP contribution in [-0.4, -0.2) is 24.1 Å². The molecule has 1 atom stereocenters. The van der Waals surface area contributed by atoms with Crippen LogP contribution in [0.15, 0.2) is 53.9 Å². The van der Waals surface area contributed by atoms with Crippen LogP contribution < -0.4 is 14.8 Å². The van der Waals surface area contributed by atoms with Crippen molar-refractivity contribution in [2.24, 2.45) is 0 Å². The second-order valence-electron chi connectivity index (χ2n) is 5.47. The van der Waals surface area contributed by atoms with Crippen LogP contribution in [0, 0.1) is 5.82 Å². The maximum atomic E-state index is 13.0. The Morgan fingerprint density at radius 2 is 1.77 bits per heavy atom. The van der Waals surface area contributed by atoms with Gasteiger partial charge in [-0.05, 0) is 55.5 Å². The Hall–Kier alpha value is -2.93. The van der Waals surface area contributed by atoms with E-state index in [1.54, 1.807) is 55.8 Å². The van der Waals surface area contributed by atoms with E-state index in [9.17, 15) is 9.18 Å². The van der Waals surface area contributed by atoms with Gasteiger partial charge in [0.2, 0.25) is 0 Å². The zero-order valence-corrected chi connectivity index (χ0v) is 15.0. The highest BCUT2D eigenvalue weighted by atomic mass is 32.1. The van der Waals surface area contributed by atoms with Crippen molar-refractivity contribution in [2.75, 3.05) is 12.4 Å². The molecule has 0 aliphatic heterocycles. The summed E-state index contributed by atoms with van der Waals surface area (Å²) in [6.45, 7) is 1.66. The molecule has 3 aromatic rings. The first kappa shape index (κ1) is 17.9. The molecule has 3 rings (SSSR count). The van der Waals surface area contributed by atoms with Crippen molar-refractivity contribution < 1.29 is 18.7 Å². The van der Waals surface area contributed by atoms with Crippen LogP contribution >= 0.6 is 11.3 Å². The van der Waals surface area contributed by atoms with E-state index in [1.807, 2.05) is 0 Å². The van der Waals surface area contributed by atoms with Crippen molar-refractivity contribution in [1.82, 2.24) is 4.98 Å². The molecule has 0 radical (unpaired) electrons. The third-order valence-corrected chi connectivity index (χ3v) is 4.37. The van der Waals surface area contributed by atoms with Crippen LogP contribution in [-0.2, 0) is 4.79 Å². The van der Waals surface area contributed by atoms with E-state index < -0.39 is 6.10 Å². The van der Waals surface area contributed by atoms with E-state index in [2.05, 4.69) is 10.3 Å². The highest BCUT2D eigenvalue weighted by molar-refractivity contribution is 7.14. The first-order chi connectivity index (χ1) is 12.5. The lowest BCUT2D eigenvalue weighted by atomic mass is 10.2. The predicted octanol–water partition coefficient (Wildman–Crippen LogP) is 4.36. The number of amides is 1. The third-order valence-electron chi connectivity index (χ3n) is 3.62. The van der Waals surface area contributed by atoms with E-state index in [-0.39, 0.29) is 11.7 Å². The molecule has 0 saturated heterocycles. The lowest BCUT2D eigenvalue weighted by molar-refractivity contribution is -0.122. The number of methoxy groups -OCH3 is 1. The summed E-state index contributed by atoms with van der Waals surface area (Å²) in [5.74, 6) is 0.674. The first-order valence-corrected chi connectivity index (χ1v) is 8.76. The highest BCUT2D eigenvalue weighted by Gasteiger charge is 2.17. The topological polar surface area (TPSA) is 60.5 Å². The fourth-order valence-electron chi connectivity index (χ4n) is 2.20. The molecular formula is C19H17FN2O3S. The van der Waals surface area contributed by atoms with Gasteiger partial charge in [-0.25, -0.2) is 9.37 Å². The first-order valence-electron chi connectivity index (χ1n) is 7.88. The lowest BCUT2D eigenvalue weighted by Gasteiger charge is -2.13. The second-order valence-corrected chi connectivity index (χ2v) is 6.33. The molecule has 26 heavy (non-hydrogen) atoms. The van der Waals surface area contributed by atoms with Gasteiger partial charge in [0, 0.05) is 10.9 Å². The maximum Gasteiger partial charge on any atom is 0.266 e. The molecule has 0 spiro atoms. The van der Waals surface area contributed by atoms with Crippen molar-refractivity contribution >= 4 is 22.4 Å². The monoisotopic (exact) mass is 372 g/mol. The van der Waals surface area contributed by atoms with Gasteiger partial charge in [0.15, 0.2) is 11.2 Å². The summed E-state index contributed by atoms with van der Waals surface area (Å²) in [6.07, 6.45) is -0.693. The molecule has 7 heteroatoms. The van der Waals surface area contributed by atoms with Crippen molar-refractivity contribution in [3.63, 3.8) is 0 Å². The zero-order chi connectivity index (χ0) is 18.5. The van der Waals surface area contributed by atoms with Crippen LogP contribution in [0.1, 0.15) is 6.92 Å². The highest BCUT2D eigenvalue weighted by Crippen LogP contribution is 2.25. The number of carbonyl (C=O) groups excluding carboxylic acids is 1. The number of hydrogen-bond acceptors (Lipinski definition) is 5. The normalized spacial score (nSPS) is 11.7. The Balaban J connectivity index is 1.61. The van der Waals surface area contributed by atoms with E-state index in [0.29, 0.717) is 22.3 Å². The van der Waals surface area contributed by atoms with Crippen molar-refractivity contribution in [2.45, 2.75) is 13.0 Å². The Bertz CT molecular complexity index is 879. The molecule has 0 saturated carbocycles. The van der Waals surface area contributed by atoms with E-state index >= 15 is 0 Å². The van der Waals surface area contributed by atoms with Crippen LogP contribution in [0.4, 0.5) is 9.52 Å². The lowest BCUT2D eigenvalue weighted by Crippen LogP contribution is -2.30. The number of rotatable bonds is 6. The zero-order valence-electron chi connectivity index (χ0n) is 14.2. The minimum atomic E-state index is -0.693. The smallest absolute Gasteiger partial charge is 0.266 e. The molecule has 1 N–H and O–H groups in total. The number of thiazole rings is 1. The van der Waals surface area contributed by atoms with Crippen LogP contribution in [0.3, 0.4) is 0 Å². The van der Waals surface area contributed by atoms with Crippen LogP contribution in [0.25, 0.3) is 11.3 Å². The van der Waals surface area contributed by atoms with Crippen LogP contribution in [0.5, 0.6) is 11.5 Å². The molecule has 1 heterocycles. The summed E-state index contributed by atoms with van der Waals surface area (Å²) in [4.78, 5) is 16.6. The number of halogens is 1. The van der Waals surface area contributed by atoms with Gasteiger partial charge in [-0.2, -0.15) is 0 Å². The average molecular weight is 372 g/mol. The standard InChI is InChI=1S/C19H17FN2O3S/c1-12(25-16-9-7-15(24-2)8-10-16)18(23)22-19-21-17(11-26-19)13-3-5-14(20)6-4-13/h3-12H,1-2H3,(H,21,22,23). The minimum Gasteiger partial charge on any atom is -0.497 e. The Morgan fingerprint density at radius 3 is 2.42 bits per heavy atom. The fraction of sp³-hybridized carbons (Fsp3) is 0.158. The molecule has 1 aromatic heterocycles. The number of ether oxygens (including phenoxy) is 2. The Morgan fingerprint density at radius 1 is 1.12 bits per heavy atom. The fourth-order valence-corrected chi connectivity index (χ4v) is 2.93. The molecule has 0 aliphatic carbocycles. The number of carbonyl (C=O) groups is 1. The number of benzene rings is 2. The quantitative estimate of drug-likeness (QED) is 0.698. The molecule has 0 aliphatic rings. The predicted molar refractivity (Wildman–Crippen MR) is 99.2 cm³/mol. The summed E-state index contributed by atoms with van der Waals surface area (Å²) < 4.78 is 23.7. The van der Waals surface area contributed by atoms with Gasteiger partial charge in [-0.3, -0.25) is 10.1 Å². The number of aromatic nitrogens is 1. The summed E-state index contributed by atoms with van der Waals surface area (Å²) in [7, 11) is 1.58. The maximum absolute atomic E-state index is 13.0. The summed E-state index contributed by atoms with van der Waals surface area (Å²) >= 11 is 1.30. The summed E-state index contributed by atoms with van der Waals surface area (Å²) in [5.41, 5.74) is 1.46. The third kappa shape index (κ3) is 4.37.